The monoisotopic (exact) mass is 223 g/mol. The number of benzene rings is 1. The number of hydrogen-bond donors (Lipinski definition) is 1. The lowest BCUT2D eigenvalue weighted by molar-refractivity contribution is -0.143. The van der Waals surface area contributed by atoms with Gasteiger partial charge in [0.25, 0.3) is 0 Å². The molecule has 0 saturated heterocycles. The van der Waals surface area contributed by atoms with E-state index in [1.165, 1.54) is 0 Å². The fourth-order valence-corrected chi connectivity index (χ4v) is 1.46. The summed E-state index contributed by atoms with van der Waals surface area (Å²) in [6.07, 6.45) is 0.917. The first-order valence-corrected chi connectivity index (χ1v) is 5.25. The predicted molar refractivity (Wildman–Crippen MR) is 62.4 cm³/mol. The molecule has 1 aromatic rings. The molecular weight excluding hydrogens is 206 g/mol. The minimum Gasteiger partial charge on any atom is -0.496 e. The highest BCUT2D eigenvalue weighted by Gasteiger charge is 2.07. The van der Waals surface area contributed by atoms with E-state index in [0.717, 1.165) is 11.3 Å². The van der Waals surface area contributed by atoms with E-state index in [-0.39, 0.29) is 5.97 Å². The van der Waals surface area contributed by atoms with Crippen molar-refractivity contribution in [2.75, 3.05) is 19.5 Å². The molecular formula is C12H17NO3. The number of carbonyl (C=O) groups is 1. The van der Waals surface area contributed by atoms with Gasteiger partial charge in [-0.25, -0.2) is 0 Å². The second-order valence-electron chi connectivity index (χ2n) is 3.38. The van der Waals surface area contributed by atoms with E-state index >= 15 is 0 Å². The van der Waals surface area contributed by atoms with Crippen molar-refractivity contribution in [2.24, 2.45) is 0 Å². The molecule has 0 aromatic heterocycles. The number of methoxy groups -OCH3 is 1. The molecule has 0 unspecified atom stereocenters. The van der Waals surface area contributed by atoms with Crippen LogP contribution in [0.4, 0.5) is 5.69 Å². The van der Waals surface area contributed by atoms with Crippen molar-refractivity contribution in [1.82, 2.24) is 0 Å². The second-order valence-corrected chi connectivity index (χ2v) is 3.38. The summed E-state index contributed by atoms with van der Waals surface area (Å²) in [6.45, 7) is 2.20. The number of esters is 1. The molecule has 0 radical (unpaired) electrons. The van der Waals surface area contributed by atoms with Crippen LogP contribution in [0.15, 0.2) is 18.2 Å². The Morgan fingerprint density at radius 2 is 2.19 bits per heavy atom. The van der Waals surface area contributed by atoms with Crippen LogP contribution >= 0.6 is 0 Å². The molecule has 0 amide bonds. The molecule has 2 N–H and O–H groups in total. The van der Waals surface area contributed by atoms with Crippen LogP contribution in [0.5, 0.6) is 5.75 Å². The molecule has 0 fully saturated rings. The van der Waals surface area contributed by atoms with Crippen LogP contribution in [0.25, 0.3) is 0 Å². The fraction of sp³-hybridized carbons (Fsp3) is 0.417. The minimum atomic E-state index is -0.202. The first-order valence-electron chi connectivity index (χ1n) is 5.25. The molecule has 0 atom stereocenters. The Morgan fingerprint density at radius 3 is 2.81 bits per heavy atom. The highest BCUT2D eigenvalue weighted by Crippen LogP contribution is 2.22. The van der Waals surface area contributed by atoms with Gasteiger partial charge in [0.05, 0.1) is 13.7 Å². The number of anilines is 1. The standard InChI is InChI=1S/C12H17NO3/c1-3-16-12(14)7-4-9-8-10(13)5-6-11(9)15-2/h5-6,8H,3-4,7,13H2,1-2H3. The topological polar surface area (TPSA) is 61.5 Å². The molecule has 4 nitrogen and oxygen atoms in total. The van der Waals surface area contributed by atoms with Gasteiger partial charge in [0.15, 0.2) is 0 Å². The van der Waals surface area contributed by atoms with Crippen molar-refractivity contribution in [3.63, 3.8) is 0 Å². The molecule has 0 aliphatic carbocycles. The number of hydrogen-bond acceptors (Lipinski definition) is 4. The van der Waals surface area contributed by atoms with E-state index in [0.29, 0.717) is 25.1 Å². The highest BCUT2D eigenvalue weighted by atomic mass is 16.5. The van der Waals surface area contributed by atoms with Crippen LogP contribution in [0, 0.1) is 0 Å². The predicted octanol–water partition coefficient (Wildman–Crippen LogP) is 1.77. The Hall–Kier alpha value is -1.71. The number of nitrogens with two attached hydrogens (primary N) is 1. The molecule has 0 bridgehead atoms. The number of nitrogen functional groups attached to an aromatic ring is 1. The van der Waals surface area contributed by atoms with E-state index in [1.807, 2.05) is 6.07 Å². The van der Waals surface area contributed by atoms with Gasteiger partial charge < -0.3 is 15.2 Å². The van der Waals surface area contributed by atoms with Gasteiger partial charge in [-0.1, -0.05) is 0 Å². The lowest BCUT2D eigenvalue weighted by Crippen LogP contribution is -2.06. The van der Waals surface area contributed by atoms with Crippen molar-refractivity contribution in [3.05, 3.63) is 23.8 Å². The summed E-state index contributed by atoms with van der Waals surface area (Å²) in [6, 6.07) is 5.39. The molecule has 16 heavy (non-hydrogen) atoms. The highest BCUT2D eigenvalue weighted by molar-refractivity contribution is 5.70. The molecule has 4 heteroatoms. The molecule has 0 heterocycles. The van der Waals surface area contributed by atoms with Gasteiger partial charge in [-0.2, -0.15) is 0 Å². The fourth-order valence-electron chi connectivity index (χ4n) is 1.46. The third-order valence-corrected chi connectivity index (χ3v) is 2.21. The first kappa shape index (κ1) is 12.4. The van der Waals surface area contributed by atoms with E-state index < -0.39 is 0 Å². The van der Waals surface area contributed by atoms with Crippen LogP contribution in [0.2, 0.25) is 0 Å². The summed E-state index contributed by atoms with van der Waals surface area (Å²) in [5.41, 5.74) is 7.27. The van der Waals surface area contributed by atoms with Crippen molar-refractivity contribution in [3.8, 4) is 5.75 Å². The van der Waals surface area contributed by atoms with Crippen LogP contribution in [0.3, 0.4) is 0 Å². The van der Waals surface area contributed by atoms with Crippen molar-refractivity contribution < 1.29 is 14.3 Å². The number of rotatable bonds is 5. The lowest BCUT2D eigenvalue weighted by atomic mass is 10.1. The Kier molecular flexibility index (Phi) is 4.64. The van der Waals surface area contributed by atoms with Crippen molar-refractivity contribution >= 4 is 11.7 Å². The average molecular weight is 223 g/mol. The van der Waals surface area contributed by atoms with E-state index in [9.17, 15) is 4.79 Å². The third kappa shape index (κ3) is 3.46. The van der Waals surface area contributed by atoms with Gasteiger partial charge in [0.2, 0.25) is 0 Å². The Labute approximate surface area is 95.3 Å². The summed E-state index contributed by atoms with van der Waals surface area (Å²) in [5.74, 6) is 0.547. The normalized spacial score (nSPS) is 9.88. The van der Waals surface area contributed by atoms with Crippen LogP contribution < -0.4 is 10.5 Å². The van der Waals surface area contributed by atoms with Crippen LogP contribution in [-0.2, 0) is 16.0 Å². The van der Waals surface area contributed by atoms with Gasteiger partial charge in [0.1, 0.15) is 5.75 Å². The Morgan fingerprint density at radius 1 is 1.44 bits per heavy atom. The number of carbonyl (C=O) groups excluding carboxylic acids is 1. The SMILES string of the molecule is CCOC(=O)CCc1cc(N)ccc1OC. The molecule has 0 aliphatic heterocycles. The summed E-state index contributed by atoms with van der Waals surface area (Å²) < 4.78 is 10.0. The molecule has 88 valence electrons. The molecule has 0 aliphatic rings. The Bertz CT molecular complexity index is 363. The minimum absolute atomic E-state index is 0.202. The molecule has 0 saturated carbocycles. The molecule has 1 rings (SSSR count). The van der Waals surface area contributed by atoms with Gasteiger partial charge in [-0.15, -0.1) is 0 Å². The van der Waals surface area contributed by atoms with Crippen LogP contribution in [0.1, 0.15) is 18.9 Å². The largest absolute Gasteiger partial charge is 0.496 e. The Balaban J connectivity index is 2.65. The van der Waals surface area contributed by atoms with E-state index in [4.69, 9.17) is 15.2 Å². The lowest BCUT2D eigenvalue weighted by Gasteiger charge is -2.08. The maximum absolute atomic E-state index is 11.2. The van der Waals surface area contributed by atoms with E-state index in [1.54, 1.807) is 26.2 Å². The first-order chi connectivity index (χ1) is 7.67. The second kappa shape index (κ2) is 6.00. The van der Waals surface area contributed by atoms with Crippen molar-refractivity contribution in [1.29, 1.82) is 0 Å². The van der Waals surface area contributed by atoms with Crippen molar-refractivity contribution in [2.45, 2.75) is 19.8 Å². The van der Waals surface area contributed by atoms with Gasteiger partial charge in [-0.05, 0) is 37.1 Å². The smallest absolute Gasteiger partial charge is 0.306 e. The zero-order valence-corrected chi connectivity index (χ0v) is 9.66. The average Bonchev–Trinajstić information content (AvgIpc) is 2.27. The summed E-state index contributed by atoms with van der Waals surface area (Å²) in [5, 5.41) is 0. The maximum Gasteiger partial charge on any atom is 0.306 e. The van der Waals surface area contributed by atoms with E-state index in [2.05, 4.69) is 0 Å². The summed E-state index contributed by atoms with van der Waals surface area (Å²) >= 11 is 0. The van der Waals surface area contributed by atoms with Crippen LogP contribution in [-0.4, -0.2) is 19.7 Å². The number of ether oxygens (including phenoxy) is 2. The zero-order chi connectivity index (χ0) is 12.0. The molecule has 1 aromatic carbocycles. The summed E-state index contributed by atoms with van der Waals surface area (Å²) in [7, 11) is 1.60. The molecule has 0 spiro atoms. The zero-order valence-electron chi connectivity index (χ0n) is 9.66. The number of aryl methyl sites for hydroxylation is 1. The maximum atomic E-state index is 11.2. The quantitative estimate of drug-likeness (QED) is 0.610. The summed E-state index contributed by atoms with van der Waals surface area (Å²) in [4.78, 5) is 11.2. The third-order valence-electron chi connectivity index (χ3n) is 2.21. The van der Waals surface area contributed by atoms with Gasteiger partial charge in [0, 0.05) is 12.1 Å². The van der Waals surface area contributed by atoms with Gasteiger partial charge in [-0.3, -0.25) is 4.79 Å². The van der Waals surface area contributed by atoms with Gasteiger partial charge >= 0.3 is 5.97 Å².